The molecule has 0 aliphatic heterocycles. The van der Waals surface area contributed by atoms with Crippen molar-refractivity contribution < 1.29 is 9.90 Å². The number of fused-ring (bicyclic) bond motifs is 3. The van der Waals surface area contributed by atoms with Gasteiger partial charge in [0.2, 0.25) is 0 Å². The van der Waals surface area contributed by atoms with Crippen LogP contribution in [0.1, 0.15) is 17.7 Å². The Balaban J connectivity index is 2.36. The van der Waals surface area contributed by atoms with Gasteiger partial charge in [0.05, 0.1) is 15.6 Å². The first kappa shape index (κ1) is 13.7. The van der Waals surface area contributed by atoms with Gasteiger partial charge in [0.15, 0.2) is 0 Å². The number of amides is 1. The van der Waals surface area contributed by atoms with Gasteiger partial charge in [-0.3, -0.25) is 4.57 Å². The third kappa shape index (κ3) is 1.91. The molecule has 1 aliphatic rings. The van der Waals surface area contributed by atoms with Crippen molar-refractivity contribution in [2.24, 2.45) is 5.73 Å². The summed E-state index contributed by atoms with van der Waals surface area (Å²) in [6.45, 7) is 0.0425. The highest BCUT2D eigenvalue weighted by Crippen LogP contribution is 2.40. The van der Waals surface area contributed by atoms with E-state index in [9.17, 15) is 9.90 Å². The lowest BCUT2D eigenvalue weighted by molar-refractivity contribution is 0.250. The zero-order valence-corrected chi connectivity index (χ0v) is 12.1. The fourth-order valence-electron chi connectivity index (χ4n) is 2.91. The average molecular weight is 312 g/mol. The topological polar surface area (TPSA) is 68.2 Å². The third-order valence-electron chi connectivity index (χ3n) is 3.82. The molecule has 1 amide bonds. The lowest BCUT2D eigenvalue weighted by Gasteiger charge is -2.21. The molecule has 0 bridgehead atoms. The van der Waals surface area contributed by atoms with Gasteiger partial charge >= 0.3 is 6.03 Å². The summed E-state index contributed by atoms with van der Waals surface area (Å²) in [5, 5.41) is 11.0. The Morgan fingerprint density at radius 3 is 2.75 bits per heavy atom. The van der Waals surface area contributed by atoms with Gasteiger partial charge in [-0.25, -0.2) is 4.79 Å². The molecule has 20 heavy (non-hydrogen) atoms. The molecular formula is C14H13Cl2N2O2. The van der Waals surface area contributed by atoms with Gasteiger partial charge < -0.3 is 10.8 Å². The molecule has 1 heterocycles. The van der Waals surface area contributed by atoms with Crippen molar-refractivity contribution >= 4 is 40.1 Å². The first-order valence-electron chi connectivity index (χ1n) is 6.29. The summed E-state index contributed by atoms with van der Waals surface area (Å²) in [6, 6.07) is 2.89. The summed E-state index contributed by atoms with van der Waals surface area (Å²) in [5.74, 6) is 1.03. The van der Waals surface area contributed by atoms with Gasteiger partial charge in [-0.1, -0.05) is 23.2 Å². The lowest BCUT2D eigenvalue weighted by Crippen LogP contribution is -2.24. The number of aliphatic hydroxyl groups is 1. The third-order valence-corrected chi connectivity index (χ3v) is 4.62. The smallest absolute Gasteiger partial charge is 0.323 e. The summed E-state index contributed by atoms with van der Waals surface area (Å²) in [4.78, 5) is 11.7. The molecule has 0 fully saturated rings. The molecule has 1 aromatic heterocycles. The minimum Gasteiger partial charge on any atom is -0.396 e. The van der Waals surface area contributed by atoms with Crippen molar-refractivity contribution in [2.45, 2.75) is 19.3 Å². The van der Waals surface area contributed by atoms with E-state index >= 15 is 0 Å². The molecule has 3 N–H and O–H groups in total. The van der Waals surface area contributed by atoms with E-state index in [4.69, 9.17) is 28.9 Å². The number of hydrogen-bond acceptors (Lipinski definition) is 2. The van der Waals surface area contributed by atoms with Gasteiger partial charge in [0.1, 0.15) is 0 Å². The van der Waals surface area contributed by atoms with Crippen molar-refractivity contribution in [3.05, 3.63) is 39.4 Å². The van der Waals surface area contributed by atoms with Gasteiger partial charge in [-0.05, 0) is 37.0 Å². The van der Waals surface area contributed by atoms with Crippen LogP contribution in [0.15, 0.2) is 12.1 Å². The molecule has 2 aromatic rings. The van der Waals surface area contributed by atoms with E-state index in [1.54, 1.807) is 12.1 Å². The zero-order chi connectivity index (χ0) is 14.4. The predicted molar refractivity (Wildman–Crippen MR) is 79.3 cm³/mol. The number of primary amides is 1. The summed E-state index contributed by atoms with van der Waals surface area (Å²) in [5.41, 5.74) is 7.99. The number of benzene rings is 1. The van der Waals surface area contributed by atoms with Crippen LogP contribution < -0.4 is 5.73 Å². The number of aromatic nitrogens is 1. The van der Waals surface area contributed by atoms with Crippen LogP contribution in [0.5, 0.6) is 0 Å². The lowest BCUT2D eigenvalue weighted by atomic mass is 9.87. The van der Waals surface area contributed by atoms with Crippen LogP contribution in [0, 0.1) is 5.92 Å². The summed E-state index contributed by atoms with van der Waals surface area (Å²) in [7, 11) is 0. The molecular weight excluding hydrogens is 299 g/mol. The predicted octanol–water partition coefficient (Wildman–Crippen LogP) is 2.93. The fraction of sp³-hybridized carbons (Fsp3) is 0.286. The second-order valence-corrected chi connectivity index (χ2v) is 5.72. The number of halogens is 2. The van der Waals surface area contributed by atoms with Crippen LogP contribution in [0.2, 0.25) is 10.0 Å². The number of aliphatic hydroxyl groups excluding tert-OH is 1. The molecule has 0 saturated heterocycles. The van der Waals surface area contributed by atoms with Gasteiger partial charge in [0, 0.05) is 23.6 Å². The second kappa shape index (κ2) is 4.95. The molecule has 1 aliphatic carbocycles. The minimum absolute atomic E-state index is 0.0425. The van der Waals surface area contributed by atoms with Crippen LogP contribution in [0.25, 0.3) is 10.9 Å². The molecule has 0 spiro atoms. The van der Waals surface area contributed by atoms with E-state index in [1.165, 1.54) is 4.57 Å². The normalized spacial score (nSPS) is 15.6. The first-order valence-corrected chi connectivity index (χ1v) is 7.04. The van der Waals surface area contributed by atoms with Gasteiger partial charge in [-0.2, -0.15) is 0 Å². The highest BCUT2D eigenvalue weighted by atomic mass is 35.5. The molecule has 0 unspecified atom stereocenters. The van der Waals surface area contributed by atoms with Crippen LogP contribution in [-0.2, 0) is 12.8 Å². The Morgan fingerprint density at radius 1 is 1.35 bits per heavy atom. The van der Waals surface area contributed by atoms with Crippen LogP contribution >= 0.6 is 23.2 Å². The summed E-state index contributed by atoms with van der Waals surface area (Å²) in [6.07, 6.45) is 2.01. The number of rotatable bonds is 1. The number of nitrogens with two attached hydrogens (primary N) is 1. The fourth-order valence-corrected chi connectivity index (χ4v) is 3.34. The van der Waals surface area contributed by atoms with E-state index in [1.807, 2.05) is 0 Å². The van der Waals surface area contributed by atoms with E-state index in [0.717, 1.165) is 29.0 Å². The molecule has 0 saturated carbocycles. The van der Waals surface area contributed by atoms with Crippen molar-refractivity contribution in [1.29, 1.82) is 0 Å². The van der Waals surface area contributed by atoms with Crippen molar-refractivity contribution in [1.82, 2.24) is 4.57 Å². The summed E-state index contributed by atoms with van der Waals surface area (Å²) >= 11 is 12.4. The van der Waals surface area contributed by atoms with Gasteiger partial charge in [0.25, 0.3) is 0 Å². The first-order chi connectivity index (χ1) is 9.54. The quantitative estimate of drug-likeness (QED) is 0.850. The van der Waals surface area contributed by atoms with E-state index in [0.29, 0.717) is 28.4 Å². The van der Waals surface area contributed by atoms with E-state index in [2.05, 4.69) is 0 Å². The minimum atomic E-state index is -0.526. The Hall–Kier alpha value is -1.23. The molecule has 3 rings (SSSR count). The molecule has 4 nitrogen and oxygen atoms in total. The Bertz CT molecular complexity index is 709. The maximum Gasteiger partial charge on any atom is 0.323 e. The van der Waals surface area contributed by atoms with Crippen LogP contribution in [0.3, 0.4) is 0 Å². The standard InChI is InChI=1S/C14H13Cl2N2O2/c15-9-2-4-11-12(13(9)16)8-5-7(6-19)1-3-10(8)18(11)14(17)20/h2,4,19H,1,3,5-6H2,(H2,17,20). The monoisotopic (exact) mass is 311 g/mol. The van der Waals surface area contributed by atoms with Crippen molar-refractivity contribution in [3.63, 3.8) is 0 Å². The number of carbonyl (C=O) groups is 1. The summed E-state index contributed by atoms with van der Waals surface area (Å²) < 4.78 is 1.50. The van der Waals surface area contributed by atoms with Crippen molar-refractivity contribution in [3.8, 4) is 0 Å². The average Bonchev–Trinajstić information content (AvgIpc) is 2.76. The van der Waals surface area contributed by atoms with Gasteiger partial charge in [-0.15, -0.1) is 0 Å². The van der Waals surface area contributed by atoms with Crippen LogP contribution in [-0.4, -0.2) is 22.3 Å². The Kier molecular flexibility index (Phi) is 3.40. The highest BCUT2D eigenvalue weighted by molar-refractivity contribution is 6.45. The zero-order valence-electron chi connectivity index (χ0n) is 10.6. The Morgan fingerprint density at radius 2 is 2.10 bits per heavy atom. The molecule has 6 heteroatoms. The maximum atomic E-state index is 11.7. The second-order valence-electron chi connectivity index (χ2n) is 4.94. The maximum absolute atomic E-state index is 11.7. The molecule has 1 radical (unpaired) electrons. The largest absolute Gasteiger partial charge is 0.396 e. The Labute approximate surface area is 126 Å². The van der Waals surface area contributed by atoms with Crippen LogP contribution in [0.4, 0.5) is 4.79 Å². The molecule has 0 atom stereocenters. The van der Waals surface area contributed by atoms with Crippen molar-refractivity contribution in [2.75, 3.05) is 6.61 Å². The number of nitrogens with zero attached hydrogens (tertiary/aromatic N) is 1. The SMILES string of the molecule is NC(=O)n1c2c(c3c(Cl)c(Cl)ccc31)C[C](CO)CC2. The molecule has 1 aromatic carbocycles. The van der Waals surface area contributed by atoms with E-state index in [-0.39, 0.29) is 6.61 Å². The molecule has 105 valence electrons. The van der Waals surface area contributed by atoms with E-state index < -0.39 is 6.03 Å². The highest BCUT2D eigenvalue weighted by Gasteiger charge is 2.28. The number of hydrogen-bond donors (Lipinski definition) is 2. The number of carbonyl (C=O) groups excluding carboxylic acids is 1.